The minimum absolute atomic E-state index is 0.210. The van der Waals surface area contributed by atoms with Crippen LogP contribution in [0.5, 0.6) is 0 Å². The van der Waals surface area contributed by atoms with Crippen LogP contribution >= 0.6 is 33.9 Å². The van der Waals surface area contributed by atoms with E-state index in [4.69, 9.17) is 0 Å². The van der Waals surface area contributed by atoms with Gasteiger partial charge in [0.25, 0.3) is 0 Å². The number of Topliss-reactive ketones (excluding diaryl/α,β-unsaturated/α-hetero) is 1. The van der Waals surface area contributed by atoms with Crippen molar-refractivity contribution in [3.8, 4) is 17.3 Å². The van der Waals surface area contributed by atoms with Crippen LogP contribution in [0.3, 0.4) is 0 Å². The number of nitrogens with zero attached hydrogens (tertiary/aromatic N) is 2. The molecule has 3 aromatic rings. The van der Waals surface area contributed by atoms with Gasteiger partial charge in [-0.15, -0.1) is 11.3 Å². The average molecular weight is 444 g/mol. The number of ketones is 1. The third-order valence-electron chi connectivity index (χ3n) is 3.64. The van der Waals surface area contributed by atoms with Gasteiger partial charge in [0.1, 0.15) is 5.01 Å². The van der Waals surface area contributed by atoms with E-state index in [1.54, 1.807) is 12.1 Å². The van der Waals surface area contributed by atoms with Gasteiger partial charge in [0.15, 0.2) is 11.7 Å². The van der Waals surface area contributed by atoms with Crippen LogP contribution in [0.4, 0.5) is 0 Å². The Balaban J connectivity index is 1.89. The van der Waals surface area contributed by atoms with Gasteiger partial charge in [-0.2, -0.15) is 5.26 Å². The molecule has 1 aromatic heterocycles. The van der Waals surface area contributed by atoms with Gasteiger partial charge < -0.3 is 0 Å². The highest BCUT2D eigenvalue weighted by molar-refractivity contribution is 14.1. The van der Waals surface area contributed by atoms with Crippen molar-refractivity contribution in [1.29, 1.82) is 5.26 Å². The zero-order chi connectivity index (χ0) is 17.1. The van der Waals surface area contributed by atoms with Crippen LogP contribution in [0.25, 0.3) is 11.3 Å². The van der Waals surface area contributed by atoms with Crippen LogP contribution in [0.2, 0.25) is 0 Å². The highest BCUT2D eigenvalue weighted by Crippen LogP contribution is 2.28. The molecule has 0 aliphatic rings. The molecular formula is C19H13IN2OS. The topological polar surface area (TPSA) is 53.8 Å². The minimum Gasteiger partial charge on any atom is -0.292 e. The van der Waals surface area contributed by atoms with E-state index in [9.17, 15) is 10.1 Å². The monoisotopic (exact) mass is 444 g/mol. The number of nitriles is 1. The van der Waals surface area contributed by atoms with Crippen molar-refractivity contribution in [3.63, 3.8) is 0 Å². The SMILES string of the molecule is Cc1ccc(-c2csc(C(C#N)C(=O)c3ccc(I)cc3)n2)cc1. The lowest BCUT2D eigenvalue weighted by Gasteiger charge is -2.05. The Morgan fingerprint density at radius 1 is 1.17 bits per heavy atom. The van der Waals surface area contributed by atoms with Crippen LogP contribution in [-0.2, 0) is 0 Å². The molecule has 0 radical (unpaired) electrons. The van der Waals surface area contributed by atoms with Crippen LogP contribution < -0.4 is 0 Å². The molecule has 1 atom stereocenters. The summed E-state index contributed by atoms with van der Waals surface area (Å²) < 4.78 is 1.05. The first-order valence-electron chi connectivity index (χ1n) is 7.30. The summed E-state index contributed by atoms with van der Waals surface area (Å²) in [5.41, 5.74) is 3.50. The van der Waals surface area contributed by atoms with Crippen molar-refractivity contribution in [2.24, 2.45) is 0 Å². The molecule has 3 rings (SSSR count). The molecule has 0 bridgehead atoms. The van der Waals surface area contributed by atoms with Gasteiger partial charge in [0.05, 0.1) is 11.8 Å². The van der Waals surface area contributed by atoms with Crippen molar-refractivity contribution in [1.82, 2.24) is 4.98 Å². The van der Waals surface area contributed by atoms with Gasteiger partial charge >= 0.3 is 0 Å². The van der Waals surface area contributed by atoms with Gasteiger partial charge in [0, 0.05) is 20.1 Å². The number of benzene rings is 2. The molecule has 5 heteroatoms. The molecule has 2 aromatic carbocycles. The van der Waals surface area contributed by atoms with E-state index < -0.39 is 5.92 Å². The first kappa shape index (κ1) is 16.8. The number of carbonyl (C=O) groups is 1. The Labute approximate surface area is 158 Å². The van der Waals surface area contributed by atoms with Crippen LogP contribution in [0, 0.1) is 21.8 Å². The highest BCUT2D eigenvalue weighted by Gasteiger charge is 2.25. The van der Waals surface area contributed by atoms with E-state index in [2.05, 4.69) is 33.6 Å². The molecule has 0 saturated carbocycles. The molecule has 1 unspecified atom stereocenters. The average Bonchev–Trinajstić information content (AvgIpc) is 3.06. The Morgan fingerprint density at radius 3 is 2.46 bits per heavy atom. The third-order valence-corrected chi connectivity index (χ3v) is 5.27. The number of aromatic nitrogens is 1. The van der Waals surface area contributed by atoms with E-state index in [-0.39, 0.29) is 5.78 Å². The molecule has 0 fully saturated rings. The van der Waals surface area contributed by atoms with E-state index >= 15 is 0 Å². The fourth-order valence-corrected chi connectivity index (χ4v) is 3.51. The van der Waals surface area contributed by atoms with Crippen molar-refractivity contribution in [2.45, 2.75) is 12.8 Å². The summed E-state index contributed by atoms with van der Waals surface area (Å²) >= 11 is 3.54. The highest BCUT2D eigenvalue weighted by atomic mass is 127. The fraction of sp³-hybridized carbons (Fsp3) is 0.105. The largest absolute Gasteiger partial charge is 0.292 e. The molecule has 0 N–H and O–H groups in total. The molecule has 118 valence electrons. The maximum absolute atomic E-state index is 12.6. The number of halogens is 1. The van der Waals surface area contributed by atoms with Crippen molar-refractivity contribution >= 4 is 39.7 Å². The summed E-state index contributed by atoms with van der Waals surface area (Å²) in [6.45, 7) is 2.03. The second-order valence-corrected chi connectivity index (χ2v) is 7.51. The van der Waals surface area contributed by atoms with Crippen molar-refractivity contribution < 1.29 is 4.79 Å². The van der Waals surface area contributed by atoms with Gasteiger partial charge in [-0.3, -0.25) is 4.79 Å². The van der Waals surface area contributed by atoms with E-state index in [1.165, 1.54) is 16.9 Å². The zero-order valence-electron chi connectivity index (χ0n) is 12.9. The summed E-state index contributed by atoms with van der Waals surface area (Å²) in [4.78, 5) is 17.1. The standard InChI is InChI=1S/C19H13IN2OS/c1-12-2-4-13(5-3-12)17-11-24-19(22-17)16(10-21)18(23)14-6-8-15(20)9-7-14/h2-9,11,16H,1H3. The summed E-state index contributed by atoms with van der Waals surface area (Å²) in [7, 11) is 0. The Morgan fingerprint density at radius 2 is 1.83 bits per heavy atom. The molecular weight excluding hydrogens is 431 g/mol. The Hall–Kier alpha value is -2.04. The summed E-state index contributed by atoms with van der Waals surface area (Å²) in [6, 6.07) is 17.4. The number of rotatable bonds is 4. The molecule has 0 aliphatic heterocycles. The Bertz CT molecular complexity index is 908. The zero-order valence-corrected chi connectivity index (χ0v) is 15.8. The van der Waals surface area contributed by atoms with Gasteiger partial charge in [-0.1, -0.05) is 42.0 Å². The summed E-state index contributed by atoms with van der Waals surface area (Å²) in [6.07, 6.45) is 0. The smallest absolute Gasteiger partial charge is 0.186 e. The molecule has 3 nitrogen and oxygen atoms in total. The van der Waals surface area contributed by atoms with Gasteiger partial charge in [-0.25, -0.2) is 4.98 Å². The number of thiazole rings is 1. The lowest BCUT2D eigenvalue weighted by Crippen LogP contribution is -2.11. The van der Waals surface area contributed by atoms with Gasteiger partial charge in [-0.05, 0) is 41.6 Å². The predicted octanol–water partition coefficient (Wildman–Crippen LogP) is 5.21. The normalized spacial score (nSPS) is 11.7. The first-order chi connectivity index (χ1) is 11.6. The molecule has 1 heterocycles. The van der Waals surface area contributed by atoms with E-state index in [0.717, 1.165) is 14.8 Å². The van der Waals surface area contributed by atoms with Crippen LogP contribution in [0.1, 0.15) is 26.8 Å². The predicted molar refractivity (Wildman–Crippen MR) is 104 cm³/mol. The summed E-state index contributed by atoms with van der Waals surface area (Å²) in [5, 5.41) is 11.9. The minimum atomic E-state index is -0.866. The van der Waals surface area contributed by atoms with E-state index in [1.807, 2.05) is 48.7 Å². The quantitative estimate of drug-likeness (QED) is 0.410. The van der Waals surface area contributed by atoms with Crippen molar-refractivity contribution in [2.75, 3.05) is 0 Å². The Kier molecular flexibility index (Phi) is 5.07. The first-order valence-corrected chi connectivity index (χ1v) is 9.26. The number of aryl methyl sites for hydroxylation is 1. The maximum atomic E-state index is 12.6. The molecule has 0 saturated heterocycles. The van der Waals surface area contributed by atoms with Gasteiger partial charge in [0.2, 0.25) is 0 Å². The number of carbonyl (C=O) groups excluding carboxylic acids is 1. The maximum Gasteiger partial charge on any atom is 0.186 e. The lowest BCUT2D eigenvalue weighted by atomic mass is 9.99. The second kappa shape index (κ2) is 7.24. The molecule has 0 amide bonds. The lowest BCUT2D eigenvalue weighted by molar-refractivity contribution is 0.0979. The summed E-state index contributed by atoms with van der Waals surface area (Å²) in [5.74, 6) is -1.08. The molecule has 0 spiro atoms. The van der Waals surface area contributed by atoms with Crippen molar-refractivity contribution in [3.05, 3.63) is 73.6 Å². The van der Waals surface area contributed by atoms with Crippen LogP contribution in [0.15, 0.2) is 53.9 Å². The third kappa shape index (κ3) is 3.55. The number of hydrogen-bond acceptors (Lipinski definition) is 4. The molecule has 0 aliphatic carbocycles. The fourth-order valence-electron chi connectivity index (χ4n) is 2.28. The van der Waals surface area contributed by atoms with E-state index in [0.29, 0.717) is 10.6 Å². The second-order valence-electron chi connectivity index (χ2n) is 5.37. The number of hydrogen-bond donors (Lipinski definition) is 0. The van der Waals surface area contributed by atoms with Crippen LogP contribution in [-0.4, -0.2) is 10.8 Å². The molecule has 24 heavy (non-hydrogen) atoms.